The number of nitrogens with zero attached hydrogens (tertiary/aromatic N) is 3. The first kappa shape index (κ1) is 27.7. The molecule has 0 unspecified atom stereocenters. The van der Waals surface area contributed by atoms with Crippen LogP contribution < -0.4 is 9.46 Å². The third-order valence-corrected chi connectivity index (χ3v) is 9.03. The van der Waals surface area contributed by atoms with Crippen LogP contribution in [-0.4, -0.2) is 75.1 Å². The van der Waals surface area contributed by atoms with Gasteiger partial charge >= 0.3 is 6.09 Å². The highest BCUT2D eigenvalue weighted by atomic mass is 32.2. The zero-order valence-electron chi connectivity index (χ0n) is 22.5. The maximum Gasteiger partial charge on any atom is 0.409 e. The number of anilines is 1. The Bertz CT molecular complexity index is 1480. The summed E-state index contributed by atoms with van der Waals surface area (Å²) in [7, 11) is -2.53. The molecule has 2 aliphatic rings. The molecule has 3 aromatic rings. The quantitative estimate of drug-likeness (QED) is 0.426. The Balaban J connectivity index is 1.20. The van der Waals surface area contributed by atoms with E-state index in [9.17, 15) is 18.0 Å². The predicted molar refractivity (Wildman–Crippen MR) is 151 cm³/mol. The molecule has 212 valence electrons. The summed E-state index contributed by atoms with van der Waals surface area (Å²) in [5.74, 6) is 0.655. The van der Waals surface area contributed by atoms with Gasteiger partial charge in [0.05, 0.1) is 30.5 Å². The SMILES string of the molecule is COc1cc(NS(=O)(=O)c2cccc3cccnc23)ccc1C(=O)N1CCN(C(=O)OCCC2CCCC2)CC1. The number of nitrogens with one attached hydrogen (secondary N) is 1. The minimum atomic E-state index is -3.96. The molecule has 1 N–H and O–H groups in total. The maximum atomic E-state index is 13.3. The second-order valence-corrected chi connectivity index (χ2v) is 11.8. The van der Waals surface area contributed by atoms with E-state index in [1.165, 1.54) is 51.0 Å². The number of hydrogen-bond donors (Lipinski definition) is 1. The summed E-state index contributed by atoms with van der Waals surface area (Å²) < 4.78 is 39.9. The van der Waals surface area contributed by atoms with Crippen LogP contribution in [0.15, 0.2) is 59.6 Å². The van der Waals surface area contributed by atoms with Gasteiger partial charge < -0.3 is 19.3 Å². The number of hydrogen-bond acceptors (Lipinski definition) is 7. The highest BCUT2D eigenvalue weighted by Gasteiger charge is 2.28. The van der Waals surface area contributed by atoms with Crippen molar-refractivity contribution < 1.29 is 27.5 Å². The van der Waals surface area contributed by atoms with E-state index >= 15 is 0 Å². The van der Waals surface area contributed by atoms with Gasteiger partial charge in [0.15, 0.2) is 0 Å². The van der Waals surface area contributed by atoms with Crippen molar-refractivity contribution in [2.45, 2.75) is 37.0 Å². The number of piperazine rings is 1. The van der Waals surface area contributed by atoms with Gasteiger partial charge in [0.2, 0.25) is 0 Å². The Kier molecular flexibility index (Phi) is 8.39. The molecular weight excluding hydrogens is 532 g/mol. The van der Waals surface area contributed by atoms with E-state index in [0.29, 0.717) is 55.2 Å². The molecule has 1 saturated carbocycles. The molecule has 0 radical (unpaired) electrons. The zero-order chi connectivity index (χ0) is 28.1. The van der Waals surface area contributed by atoms with Gasteiger partial charge in [0, 0.05) is 43.8 Å². The summed E-state index contributed by atoms with van der Waals surface area (Å²) >= 11 is 0. The number of sulfonamides is 1. The molecule has 10 nitrogen and oxygen atoms in total. The van der Waals surface area contributed by atoms with Crippen LogP contribution in [0.4, 0.5) is 10.5 Å². The summed E-state index contributed by atoms with van der Waals surface area (Å²) in [4.78, 5) is 33.4. The van der Waals surface area contributed by atoms with Gasteiger partial charge in [-0.1, -0.05) is 43.9 Å². The van der Waals surface area contributed by atoms with Crippen LogP contribution in [0.3, 0.4) is 0 Å². The molecule has 0 spiro atoms. The molecule has 5 rings (SSSR count). The second kappa shape index (κ2) is 12.1. The molecule has 2 amide bonds. The largest absolute Gasteiger partial charge is 0.496 e. The number of para-hydroxylation sites is 1. The van der Waals surface area contributed by atoms with Gasteiger partial charge in [-0.2, -0.15) is 0 Å². The number of carbonyl (C=O) groups excluding carboxylic acids is 2. The van der Waals surface area contributed by atoms with E-state index in [-0.39, 0.29) is 28.3 Å². The minimum absolute atomic E-state index is 0.0552. The fourth-order valence-corrected chi connectivity index (χ4v) is 6.63. The molecule has 40 heavy (non-hydrogen) atoms. The van der Waals surface area contributed by atoms with Gasteiger partial charge in [0.1, 0.15) is 10.6 Å². The lowest BCUT2D eigenvalue weighted by Gasteiger charge is -2.34. The number of fused-ring (bicyclic) bond motifs is 1. The first-order valence-electron chi connectivity index (χ1n) is 13.6. The van der Waals surface area contributed by atoms with Crippen LogP contribution in [-0.2, 0) is 14.8 Å². The van der Waals surface area contributed by atoms with Crippen molar-refractivity contribution in [2.75, 3.05) is 44.6 Å². The molecule has 2 heterocycles. The van der Waals surface area contributed by atoms with Crippen LogP contribution in [0.5, 0.6) is 5.75 Å². The van der Waals surface area contributed by atoms with Gasteiger partial charge in [-0.3, -0.25) is 14.5 Å². The summed E-state index contributed by atoms with van der Waals surface area (Å²) in [5.41, 5.74) is 0.935. The number of carbonyl (C=O) groups is 2. The van der Waals surface area contributed by atoms with Gasteiger partial charge in [0.25, 0.3) is 15.9 Å². The standard InChI is InChI=1S/C29H34N4O6S/c1-38-25-20-23(31-40(36,37)26-10-4-8-22-9-5-14-30-27(22)26)11-12-24(25)28(34)32-15-17-33(18-16-32)29(35)39-19-13-21-6-2-3-7-21/h4-5,8-12,14,20-21,31H,2-3,6-7,13,15-19H2,1H3. The Morgan fingerprint density at radius 2 is 1.73 bits per heavy atom. The van der Waals surface area contributed by atoms with Crippen molar-refractivity contribution in [2.24, 2.45) is 5.92 Å². The molecule has 1 aliphatic carbocycles. The van der Waals surface area contributed by atoms with Crippen LogP contribution >= 0.6 is 0 Å². The van der Waals surface area contributed by atoms with Crippen molar-refractivity contribution in [1.29, 1.82) is 0 Å². The third kappa shape index (κ3) is 6.14. The summed E-state index contributed by atoms with van der Waals surface area (Å²) in [5, 5.41) is 0.710. The number of rotatable bonds is 8. The fourth-order valence-electron chi connectivity index (χ4n) is 5.40. The number of amides is 2. The number of ether oxygens (including phenoxy) is 2. The van der Waals surface area contributed by atoms with Crippen molar-refractivity contribution in [3.8, 4) is 5.75 Å². The average molecular weight is 567 g/mol. The topological polar surface area (TPSA) is 118 Å². The van der Waals surface area contributed by atoms with Crippen molar-refractivity contribution in [1.82, 2.24) is 14.8 Å². The summed E-state index contributed by atoms with van der Waals surface area (Å²) in [6, 6.07) is 13.1. The average Bonchev–Trinajstić information content (AvgIpc) is 3.50. The molecule has 2 aromatic carbocycles. The van der Waals surface area contributed by atoms with Crippen LogP contribution in [0.1, 0.15) is 42.5 Å². The van der Waals surface area contributed by atoms with E-state index in [1.807, 2.05) is 0 Å². The molecule has 1 saturated heterocycles. The highest BCUT2D eigenvalue weighted by Crippen LogP contribution is 2.29. The fraction of sp³-hybridized carbons (Fsp3) is 0.414. The van der Waals surface area contributed by atoms with E-state index in [1.54, 1.807) is 46.3 Å². The lowest BCUT2D eigenvalue weighted by atomic mass is 10.1. The Morgan fingerprint density at radius 1 is 1.00 bits per heavy atom. The van der Waals surface area contributed by atoms with E-state index in [2.05, 4.69) is 9.71 Å². The van der Waals surface area contributed by atoms with E-state index < -0.39 is 10.0 Å². The van der Waals surface area contributed by atoms with Gasteiger partial charge in [-0.05, 0) is 36.6 Å². The minimum Gasteiger partial charge on any atom is -0.496 e. The Morgan fingerprint density at radius 3 is 2.48 bits per heavy atom. The maximum absolute atomic E-state index is 13.3. The van der Waals surface area contributed by atoms with Crippen LogP contribution in [0.2, 0.25) is 0 Å². The zero-order valence-corrected chi connectivity index (χ0v) is 23.4. The smallest absolute Gasteiger partial charge is 0.409 e. The number of aromatic nitrogens is 1. The predicted octanol–water partition coefficient (Wildman–Crippen LogP) is 4.52. The van der Waals surface area contributed by atoms with E-state index in [0.717, 1.165) is 6.42 Å². The highest BCUT2D eigenvalue weighted by molar-refractivity contribution is 7.93. The van der Waals surface area contributed by atoms with Crippen molar-refractivity contribution >= 4 is 38.6 Å². The van der Waals surface area contributed by atoms with Crippen LogP contribution in [0.25, 0.3) is 10.9 Å². The molecule has 2 fully saturated rings. The molecular formula is C29H34N4O6S. The second-order valence-electron chi connectivity index (χ2n) is 10.2. The molecule has 0 atom stereocenters. The Labute approximate surface area is 234 Å². The number of methoxy groups -OCH3 is 1. The molecule has 0 bridgehead atoms. The monoisotopic (exact) mass is 566 g/mol. The molecule has 1 aromatic heterocycles. The van der Waals surface area contributed by atoms with Crippen molar-refractivity contribution in [3.05, 3.63) is 60.3 Å². The summed E-state index contributed by atoms with van der Waals surface area (Å²) in [6.45, 7) is 1.93. The van der Waals surface area contributed by atoms with Gasteiger partial charge in [-0.25, -0.2) is 13.2 Å². The van der Waals surface area contributed by atoms with Gasteiger partial charge in [-0.15, -0.1) is 0 Å². The number of pyridine rings is 1. The first-order valence-corrected chi connectivity index (χ1v) is 15.1. The normalized spacial score (nSPS) is 16.2. The van der Waals surface area contributed by atoms with Crippen molar-refractivity contribution in [3.63, 3.8) is 0 Å². The Hall–Kier alpha value is -3.86. The molecule has 1 aliphatic heterocycles. The van der Waals surface area contributed by atoms with E-state index in [4.69, 9.17) is 9.47 Å². The third-order valence-electron chi connectivity index (χ3n) is 7.62. The lowest BCUT2D eigenvalue weighted by molar-refractivity contribution is 0.0546. The lowest BCUT2D eigenvalue weighted by Crippen LogP contribution is -2.50. The molecule has 11 heteroatoms. The van der Waals surface area contributed by atoms with Crippen LogP contribution in [0, 0.1) is 5.92 Å². The number of benzene rings is 2. The first-order chi connectivity index (χ1) is 19.4. The summed E-state index contributed by atoms with van der Waals surface area (Å²) in [6.07, 6.45) is 7.09.